The summed E-state index contributed by atoms with van der Waals surface area (Å²) in [7, 11) is 0. The molecule has 3 aliphatic rings. The van der Waals surface area contributed by atoms with E-state index in [0.717, 1.165) is 25.9 Å². The van der Waals surface area contributed by atoms with Crippen LogP contribution in [0.1, 0.15) is 18.4 Å². The Hall–Kier alpha value is -1.14. The fourth-order valence-electron chi connectivity index (χ4n) is 3.98. The maximum Gasteiger partial charge on any atom is 0.113 e. The molecule has 5 nitrogen and oxygen atoms in total. The van der Waals surface area contributed by atoms with Gasteiger partial charge in [0.1, 0.15) is 18.3 Å². The molecule has 5 heteroatoms. The number of hydrogen-bond acceptors (Lipinski definition) is 5. The van der Waals surface area contributed by atoms with Crippen LogP contribution in [0.5, 0.6) is 0 Å². The molecular formula is C18H26N2O3. The van der Waals surface area contributed by atoms with E-state index in [1.165, 1.54) is 11.3 Å². The summed E-state index contributed by atoms with van der Waals surface area (Å²) in [5.41, 5.74) is 2.63. The molecule has 1 aromatic rings. The maximum atomic E-state index is 9.82. The summed E-state index contributed by atoms with van der Waals surface area (Å²) in [6.07, 6.45) is 1.67. The van der Waals surface area contributed by atoms with Crippen LogP contribution in [0.3, 0.4) is 0 Å². The lowest BCUT2D eigenvalue weighted by Gasteiger charge is -2.35. The fourth-order valence-corrected chi connectivity index (χ4v) is 3.98. The Morgan fingerprint density at radius 2 is 1.74 bits per heavy atom. The summed E-state index contributed by atoms with van der Waals surface area (Å²) in [6.45, 7) is 5.32. The van der Waals surface area contributed by atoms with Crippen LogP contribution in [0.15, 0.2) is 24.3 Å². The SMILES string of the molecule is Cc1ccc(N2CCC(N[C@@H]3CO[C@H]4[C@@H]3OC[C@H]4O)CC2)cc1. The number of aliphatic hydroxyl groups is 1. The topological polar surface area (TPSA) is 54.0 Å². The van der Waals surface area contributed by atoms with Gasteiger partial charge in [-0.3, -0.25) is 0 Å². The zero-order valence-corrected chi connectivity index (χ0v) is 13.6. The summed E-state index contributed by atoms with van der Waals surface area (Å²) >= 11 is 0. The van der Waals surface area contributed by atoms with Crippen molar-refractivity contribution in [2.75, 3.05) is 31.2 Å². The second-order valence-electron chi connectivity index (χ2n) is 7.03. The van der Waals surface area contributed by atoms with Gasteiger partial charge in [-0.2, -0.15) is 0 Å². The standard InChI is InChI=1S/C18H26N2O3/c1-12-2-4-14(5-3-12)20-8-6-13(7-9-20)19-15-10-22-18-16(21)11-23-17(15)18/h2-5,13,15-19,21H,6-11H2,1H3/t15-,16-,17-,18-/m1/s1. The molecule has 3 aliphatic heterocycles. The van der Waals surface area contributed by atoms with Crippen molar-refractivity contribution in [3.05, 3.63) is 29.8 Å². The van der Waals surface area contributed by atoms with Gasteiger partial charge in [-0.1, -0.05) is 17.7 Å². The number of rotatable bonds is 3. The Balaban J connectivity index is 1.29. The van der Waals surface area contributed by atoms with Gasteiger partial charge in [0.25, 0.3) is 0 Å². The van der Waals surface area contributed by atoms with E-state index in [2.05, 4.69) is 41.4 Å². The van der Waals surface area contributed by atoms with E-state index < -0.39 is 6.10 Å². The Bertz CT molecular complexity index is 528. The zero-order chi connectivity index (χ0) is 15.8. The van der Waals surface area contributed by atoms with E-state index in [4.69, 9.17) is 9.47 Å². The van der Waals surface area contributed by atoms with Gasteiger partial charge in [-0.25, -0.2) is 0 Å². The molecule has 0 saturated carbocycles. The summed E-state index contributed by atoms with van der Waals surface area (Å²) < 4.78 is 11.4. The summed E-state index contributed by atoms with van der Waals surface area (Å²) in [4.78, 5) is 2.46. The zero-order valence-electron chi connectivity index (χ0n) is 13.6. The minimum atomic E-state index is -0.463. The summed E-state index contributed by atoms with van der Waals surface area (Å²) in [6, 6.07) is 9.51. The number of aryl methyl sites for hydroxylation is 1. The number of ether oxygens (including phenoxy) is 2. The third-order valence-electron chi connectivity index (χ3n) is 5.37. The molecule has 0 aromatic heterocycles. The van der Waals surface area contributed by atoms with Crippen LogP contribution in [0.2, 0.25) is 0 Å². The van der Waals surface area contributed by atoms with E-state index >= 15 is 0 Å². The molecule has 0 aliphatic carbocycles. The van der Waals surface area contributed by atoms with E-state index in [-0.39, 0.29) is 18.2 Å². The number of anilines is 1. The van der Waals surface area contributed by atoms with Crippen molar-refractivity contribution in [1.29, 1.82) is 0 Å². The van der Waals surface area contributed by atoms with Crippen LogP contribution in [0.25, 0.3) is 0 Å². The fraction of sp³-hybridized carbons (Fsp3) is 0.667. The van der Waals surface area contributed by atoms with Crippen LogP contribution in [-0.2, 0) is 9.47 Å². The van der Waals surface area contributed by atoms with Gasteiger partial charge >= 0.3 is 0 Å². The lowest BCUT2D eigenvalue weighted by Crippen LogP contribution is -2.50. The normalized spacial score (nSPS) is 34.8. The molecule has 0 spiro atoms. The van der Waals surface area contributed by atoms with Crippen LogP contribution in [0.4, 0.5) is 5.69 Å². The Morgan fingerprint density at radius 1 is 1.04 bits per heavy atom. The van der Waals surface area contributed by atoms with Gasteiger partial charge in [-0.05, 0) is 31.9 Å². The van der Waals surface area contributed by atoms with Crippen molar-refractivity contribution < 1.29 is 14.6 Å². The number of nitrogens with zero attached hydrogens (tertiary/aromatic N) is 1. The third kappa shape index (κ3) is 3.11. The molecule has 1 aromatic carbocycles. The molecule has 0 radical (unpaired) electrons. The van der Waals surface area contributed by atoms with Crippen molar-refractivity contribution in [3.63, 3.8) is 0 Å². The minimum Gasteiger partial charge on any atom is -0.388 e. The highest BCUT2D eigenvalue weighted by molar-refractivity contribution is 5.47. The maximum absolute atomic E-state index is 9.82. The third-order valence-corrected chi connectivity index (χ3v) is 5.37. The molecule has 0 amide bonds. The van der Waals surface area contributed by atoms with Gasteiger partial charge in [-0.15, -0.1) is 0 Å². The number of benzene rings is 1. The average molecular weight is 318 g/mol. The van der Waals surface area contributed by atoms with Crippen LogP contribution < -0.4 is 10.2 Å². The number of fused-ring (bicyclic) bond motifs is 1. The molecule has 4 atom stereocenters. The van der Waals surface area contributed by atoms with Crippen molar-refractivity contribution in [2.24, 2.45) is 0 Å². The van der Waals surface area contributed by atoms with E-state index in [9.17, 15) is 5.11 Å². The van der Waals surface area contributed by atoms with E-state index in [1.807, 2.05) is 0 Å². The van der Waals surface area contributed by atoms with Gasteiger partial charge in [0.05, 0.1) is 19.3 Å². The highest BCUT2D eigenvalue weighted by Crippen LogP contribution is 2.28. The summed E-state index contributed by atoms with van der Waals surface area (Å²) in [5.74, 6) is 0. The molecule has 0 bridgehead atoms. The smallest absolute Gasteiger partial charge is 0.113 e. The Kier molecular flexibility index (Phi) is 4.28. The van der Waals surface area contributed by atoms with Gasteiger partial charge < -0.3 is 24.8 Å². The minimum absolute atomic E-state index is 0.0140. The molecule has 126 valence electrons. The number of nitrogens with one attached hydrogen (secondary N) is 1. The highest BCUT2D eigenvalue weighted by Gasteiger charge is 2.47. The molecular weight excluding hydrogens is 292 g/mol. The quantitative estimate of drug-likeness (QED) is 0.873. The van der Waals surface area contributed by atoms with Gasteiger partial charge in [0.15, 0.2) is 0 Å². The predicted molar refractivity (Wildman–Crippen MR) is 88.8 cm³/mol. The largest absolute Gasteiger partial charge is 0.388 e. The highest BCUT2D eigenvalue weighted by atomic mass is 16.6. The first-order valence-corrected chi connectivity index (χ1v) is 8.69. The summed E-state index contributed by atoms with van der Waals surface area (Å²) in [5, 5.41) is 13.5. The second-order valence-corrected chi connectivity index (χ2v) is 7.03. The number of hydrogen-bond donors (Lipinski definition) is 2. The van der Waals surface area contributed by atoms with Crippen LogP contribution >= 0.6 is 0 Å². The van der Waals surface area contributed by atoms with Crippen molar-refractivity contribution >= 4 is 5.69 Å². The van der Waals surface area contributed by atoms with Gasteiger partial charge in [0, 0.05) is 24.8 Å². The molecule has 4 rings (SSSR count). The first-order chi connectivity index (χ1) is 11.2. The Labute approximate surface area is 137 Å². The first kappa shape index (κ1) is 15.4. The lowest BCUT2D eigenvalue weighted by molar-refractivity contribution is 0.0176. The molecule has 23 heavy (non-hydrogen) atoms. The molecule has 3 heterocycles. The van der Waals surface area contributed by atoms with Crippen molar-refractivity contribution in [2.45, 2.75) is 50.2 Å². The van der Waals surface area contributed by atoms with Crippen LogP contribution in [-0.4, -0.2) is 61.8 Å². The predicted octanol–water partition coefficient (Wildman–Crippen LogP) is 1.08. The Morgan fingerprint density at radius 3 is 2.48 bits per heavy atom. The molecule has 3 saturated heterocycles. The van der Waals surface area contributed by atoms with E-state index in [1.54, 1.807) is 0 Å². The average Bonchev–Trinajstić information content (AvgIpc) is 3.13. The lowest BCUT2D eigenvalue weighted by atomic mass is 10.0. The number of aliphatic hydroxyl groups excluding tert-OH is 1. The molecule has 0 unspecified atom stereocenters. The second kappa shape index (κ2) is 6.40. The molecule has 2 N–H and O–H groups in total. The van der Waals surface area contributed by atoms with E-state index in [0.29, 0.717) is 19.3 Å². The number of piperidine rings is 1. The van der Waals surface area contributed by atoms with Crippen LogP contribution in [0, 0.1) is 6.92 Å². The van der Waals surface area contributed by atoms with Crippen molar-refractivity contribution in [3.8, 4) is 0 Å². The molecule has 3 fully saturated rings. The first-order valence-electron chi connectivity index (χ1n) is 8.69. The van der Waals surface area contributed by atoms with Gasteiger partial charge in [0.2, 0.25) is 0 Å². The van der Waals surface area contributed by atoms with Crippen molar-refractivity contribution in [1.82, 2.24) is 5.32 Å². The monoisotopic (exact) mass is 318 g/mol.